The van der Waals surface area contributed by atoms with Gasteiger partial charge in [0, 0.05) is 17.5 Å². The fourth-order valence-electron chi connectivity index (χ4n) is 2.66. The highest BCUT2D eigenvalue weighted by molar-refractivity contribution is 5.55. The van der Waals surface area contributed by atoms with E-state index in [0.29, 0.717) is 5.92 Å². The SMILES string of the molecule is NCCC1CCc2nc(-c3ccccc3)ncc21. The quantitative estimate of drug-likeness (QED) is 0.895. The van der Waals surface area contributed by atoms with Gasteiger partial charge >= 0.3 is 0 Å². The lowest BCUT2D eigenvalue weighted by atomic mass is 10.0. The van der Waals surface area contributed by atoms with Crippen LogP contribution in [0.25, 0.3) is 11.4 Å². The zero-order valence-corrected chi connectivity index (χ0v) is 10.3. The molecule has 1 aromatic carbocycles. The van der Waals surface area contributed by atoms with Crippen molar-refractivity contribution in [1.82, 2.24) is 9.97 Å². The van der Waals surface area contributed by atoms with Crippen LogP contribution in [0.5, 0.6) is 0 Å². The fraction of sp³-hybridized carbons (Fsp3) is 0.333. The van der Waals surface area contributed by atoms with Gasteiger partial charge in [-0.3, -0.25) is 0 Å². The number of hydrogen-bond donors (Lipinski definition) is 1. The van der Waals surface area contributed by atoms with E-state index in [1.54, 1.807) is 0 Å². The predicted molar refractivity (Wildman–Crippen MR) is 72.2 cm³/mol. The summed E-state index contributed by atoms with van der Waals surface area (Å²) in [5.41, 5.74) is 9.25. The summed E-state index contributed by atoms with van der Waals surface area (Å²) in [5.74, 6) is 1.40. The molecular formula is C15H17N3. The molecule has 3 rings (SSSR count). The molecule has 1 aromatic heterocycles. The van der Waals surface area contributed by atoms with Crippen LogP contribution in [0.2, 0.25) is 0 Å². The highest BCUT2D eigenvalue weighted by Crippen LogP contribution is 2.34. The summed E-state index contributed by atoms with van der Waals surface area (Å²) in [5, 5.41) is 0. The van der Waals surface area contributed by atoms with Crippen LogP contribution >= 0.6 is 0 Å². The van der Waals surface area contributed by atoms with Gasteiger partial charge in [-0.25, -0.2) is 9.97 Å². The molecule has 2 aromatic rings. The van der Waals surface area contributed by atoms with E-state index in [-0.39, 0.29) is 0 Å². The molecule has 3 heteroatoms. The summed E-state index contributed by atoms with van der Waals surface area (Å²) >= 11 is 0. The van der Waals surface area contributed by atoms with Crippen molar-refractivity contribution in [3.05, 3.63) is 47.8 Å². The van der Waals surface area contributed by atoms with E-state index in [9.17, 15) is 0 Å². The number of fused-ring (bicyclic) bond motifs is 1. The van der Waals surface area contributed by atoms with Gasteiger partial charge in [-0.2, -0.15) is 0 Å². The lowest BCUT2D eigenvalue weighted by Gasteiger charge is -2.09. The fourth-order valence-corrected chi connectivity index (χ4v) is 2.66. The minimum Gasteiger partial charge on any atom is -0.330 e. The lowest BCUT2D eigenvalue weighted by Crippen LogP contribution is -2.05. The van der Waals surface area contributed by atoms with Crippen molar-refractivity contribution in [1.29, 1.82) is 0 Å². The molecule has 0 spiro atoms. The first-order chi connectivity index (χ1) is 8.88. The van der Waals surface area contributed by atoms with Gasteiger partial charge in [0.15, 0.2) is 5.82 Å². The summed E-state index contributed by atoms with van der Waals surface area (Å²) in [4.78, 5) is 9.21. The smallest absolute Gasteiger partial charge is 0.159 e. The van der Waals surface area contributed by atoms with Crippen LogP contribution < -0.4 is 5.73 Å². The van der Waals surface area contributed by atoms with E-state index in [0.717, 1.165) is 30.8 Å². The Morgan fingerprint density at radius 3 is 2.83 bits per heavy atom. The summed E-state index contributed by atoms with van der Waals surface area (Å²) in [6, 6.07) is 10.1. The topological polar surface area (TPSA) is 51.8 Å². The van der Waals surface area contributed by atoms with Crippen molar-refractivity contribution in [2.75, 3.05) is 6.54 Å². The van der Waals surface area contributed by atoms with Gasteiger partial charge in [0.25, 0.3) is 0 Å². The second-order valence-corrected chi connectivity index (χ2v) is 4.77. The van der Waals surface area contributed by atoms with Crippen molar-refractivity contribution in [2.24, 2.45) is 5.73 Å². The van der Waals surface area contributed by atoms with E-state index >= 15 is 0 Å². The normalized spacial score (nSPS) is 17.7. The summed E-state index contributed by atoms with van der Waals surface area (Å²) in [6.45, 7) is 0.741. The summed E-state index contributed by atoms with van der Waals surface area (Å²) in [6.07, 6.45) is 5.26. The van der Waals surface area contributed by atoms with Crippen LogP contribution in [0.1, 0.15) is 30.0 Å². The third-order valence-corrected chi connectivity index (χ3v) is 3.62. The molecule has 0 radical (unpaired) electrons. The lowest BCUT2D eigenvalue weighted by molar-refractivity contribution is 0.626. The number of benzene rings is 1. The highest BCUT2D eigenvalue weighted by Gasteiger charge is 2.23. The molecule has 0 fully saturated rings. The Kier molecular flexibility index (Phi) is 3.07. The van der Waals surface area contributed by atoms with Gasteiger partial charge in [-0.05, 0) is 37.3 Å². The first-order valence-electron chi connectivity index (χ1n) is 6.50. The Bertz CT molecular complexity index is 537. The van der Waals surface area contributed by atoms with Gasteiger partial charge < -0.3 is 5.73 Å². The number of nitrogens with zero attached hydrogens (tertiary/aromatic N) is 2. The van der Waals surface area contributed by atoms with Gasteiger partial charge in [0.2, 0.25) is 0 Å². The van der Waals surface area contributed by atoms with Crippen molar-refractivity contribution in [2.45, 2.75) is 25.2 Å². The summed E-state index contributed by atoms with van der Waals surface area (Å²) < 4.78 is 0. The third-order valence-electron chi connectivity index (χ3n) is 3.62. The van der Waals surface area contributed by atoms with E-state index in [2.05, 4.69) is 4.98 Å². The van der Waals surface area contributed by atoms with Gasteiger partial charge in [-0.1, -0.05) is 30.3 Å². The molecule has 0 amide bonds. The Morgan fingerprint density at radius 1 is 1.22 bits per heavy atom. The van der Waals surface area contributed by atoms with E-state index in [1.807, 2.05) is 36.5 Å². The van der Waals surface area contributed by atoms with Crippen LogP contribution in [0.4, 0.5) is 0 Å². The molecule has 1 atom stereocenters. The molecule has 3 nitrogen and oxygen atoms in total. The molecule has 1 heterocycles. The first kappa shape index (κ1) is 11.4. The molecule has 1 unspecified atom stereocenters. The largest absolute Gasteiger partial charge is 0.330 e. The first-order valence-corrected chi connectivity index (χ1v) is 6.50. The molecule has 0 aliphatic heterocycles. The molecule has 1 aliphatic rings. The molecule has 0 saturated heterocycles. The van der Waals surface area contributed by atoms with Gasteiger partial charge in [-0.15, -0.1) is 0 Å². The molecule has 0 bridgehead atoms. The second-order valence-electron chi connectivity index (χ2n) is 4.77. The van der Waals surface area contributed by atoms with Crippen molar-refractivity contribution >= 4 is 0 Å². The van der Waals surface area contributed by atoms with E-state index in [1.165, 1.54) is 17.7 Å². The second kappa shape index (κ2) is 4.86. The van der Waals surface area contributed by atoms with Crippen LogP contribution in [-0.2, 0) is 6.42 Å². The Labute approximate surface area is 107 Å². The zero-order chi connectivity index (χ0) is 12.4. The average Bonchev–Trinajstić information content (AvgIpc) is 2.83. The monoisotopic (exact) mass is 239 g/mol. The molecule has 2 N–H and O–H groups in total. The predicted octanol–water partition coefficient (Wildman–Crippen LogP) is 2.52. The van der Waals surface area contributed by atoms with Crippen molar-refractivity contribution in [3.8, 4) is 11.4 Å². The molecule has 18 heavy (non-hydrogen) atoms. The molecular weight excluding hydrogens is 222 g/mol. The maximum absolute atomic E-state index is 5.65. The number of aryl methyl sites for hydroxylation is 1. The average molecular weight is 239 g/mol. The zero-order valence-electron chi connectivity index (χ0n) is 10.3. The van der Waals surface area contributed by atoms with Crippen LogP contribution in [0, 0.1) is 0 Å². The Hall–Kier alpha value is -1.74. The molecule has 92 valence electrons. The maximum atomic E-state index is 5.65. The minimum atomic E-state index is 0.565. The van der Waals surface area contributed by atoms with Gasteiger partial charge in [0.1, 0.15) is 0 Å². The van der Waals surface area contributed by atoms with Crippen LogP contribution in [-0.4, -0.2) is 16.5 Å². The van der Waals surface area contributed by atoms with E-state index < -0.39 is 0 Å². The van der Waals surface area contributed by atoms with Crippen LogP contribution in [0.15, 0.2) is 36.5 Å². The number of hydrogen-bond acceptors (Lipinski definition) is 3. The molecule has 0 saturated carbocycles. The Balaban J connectivity index is 1.94. The summed E-state index contributed by atoms with van der Waals surface area (Å²) in [7, 11) is 0. The van der Waals surface area contributed by atoms with Crippen molar-refractivity contribution in [3.63, 3.8) is 0 Å². The number of nitrogens with two attached hydrogens (primary N) is 1. The Morgan fingerprint density at radius 2 is 2.06 bits per heavy atom. The highest BCUT2D eigenvalue weighted by atomic mass is 14.9. The molecule has 1 aliphatic carbocycles. The number of rotatable bonds is 3. The van der Waals surface area contributed by atoms with E-state index in [4.69, 9.17) is 10.7 Å². The third kappa shape index (κ3) is 2.02. The maximum Gasteiger partial charge on any atom is 0.159 e. The van der Waals surface area contributed by atoms with Crippen LogP contribution in [0.3, 0.4) is 0 Å². The van der Waals surface area contributed by atoms with Crippen molar-refractivity contribution < 1.29 is 0 Å². The van der Waals surface area contributed by atoms with Gasteiger partial charge in [0.05, 0.1) is 0 Å². The standard InChI is InChI=1S/C15H17N3/c16-9-8-11-6-7-14-13(11)10-17-15(18-14)12-4-2-1-3-5-12/h1-5,10-11H,6-9,16H2. The minimum absolute atomic E-state index is 0.565. The number of aromatic nitrogens is 2.